The summed E-state index contributed by atoms with van der Waals surface area (Å²) in [6.45, 7) is 0. The van der Waals surface area contributed by atoms with Crippen molar-refractivity contribution in [1.29, 1.82) is 0 Å². The topological polar surface area (TPSA) is 12.0 Å². The molecular weight excluding hydrogens is 274 g/mol. The molecule has 0 saturated carbocycles. The van der Waals surface area contributed by atoms with Crippen LogP contribution in [0.5, 0.6) is 0 Å². The van der Waals surface area contributed by atoms with Crippen molar-refractivity contribution in [3.63, 3.8) is 0 Å². The van der Waals surface area contributed by atoms with Crippen LogP contribution >= 0.6 is 11.3 Å². The summed E-state index contributed by atoms with van der Waals surface area (Å²) >= 11 is 1.79. The molecule has 3 rings (SSSR count). The summed E-state index contributed by atoms with van der Waals surface area (Å²) in [5, 5.41) is 5.53. The fourth-order valence-corrected chi connectivity index (χ4v) is 3.45. The second-order valence-corrected chi connectivity index (χ2v) is 6.12. The highest BCUT2D eigenvalue weighted by atomic mass is 32.1. The number of nitrogens with one attached hydrogen (secondary N) is 1. The van der Waals surface area contributed by atoms with Gasteiger partial charge in [0.25, 0.3) is 0 Å². The largest absolute Gasteiger partial charge is 0.309 e. The lowest BCUT2D eigenvalue weighted by Crippen LogP contribution is -2.16. The van der Waals surface area contributed by atoms with Gasteiger partial charge in [0.1, 0.15) is 0 Å². The Hall–Kier alpha value is -1.90. The van der Waals surface area contributed by atoms with Gasteiger partial charge < -0.3 is 5.32 Å². The quantitative estimate of drug-likeness (QED) is 0.722. The second kappa shape index (κ2) is 6.70. The molecule has 3 aromatic rings. The summed E-state index contributed by atoms with van der Waals surface area (Å²) in [5.41, 5.74) is 4.02. The molecule has 1 nitrogen and oxygen atoms in total. The van der Waals surface area contributed by atoms with E-state index in [9.17, 15) is 0 Å². The molecule has 21 heavy (non-hydrogen) atoms. The molecule has 106 valence electrons. The average molecular weight is 293 g/mol. The van der Waals surface area contributed by atoms with Crippen molar-refractivity contribution in [1.82, 2.24) is 5.32 Å². The molecule has 0 bridgehead atoms. The van der Waals surface area contributed by atoms with E-state index in [1.807, 2.05) is 7.05 Å². The summed E-state index contributed by atoms with van der Waals surface area (Å²) in [6, 6.07) is 24.1. The first-order chi connectivity index (χ1) is 10.4. The molecule has 1 unspecified atom stereocenters. The molecule has 0 spiro atoms. The zero-order valence-electron chi connectivity index (χ0n) is 12.1. The number of thiophene rings is 1. The van der Waals surface area contributed by atoms with Crippen molar-refractivity contribution in [3.05, 3.63) is 93.7 Å². The van der Waals surface area contributed by atoms with Gasteiger partial charge in [-0.05, 0) is 41.6 Å². The monoisotopic (exact) mass is 293 g/mol. The number of hydrogen-bond acceptors (Lipinski definition) is 2. The summed E-state index contributed by atoms with van der Waals surface area (Å²) in [4.78, 5) is 1.35. The molecule has 0 saturated heterocycles. The maximum absolute atomic E-state index is 3.40. The van der Waals surface area contributed by atoms with Crippen LogP contribution in [-0.4, -0.2) is 7.05 Å². The van der Waals surface area contributed by atoms with Gasteiger partial charge in [-0.2, -0.15) is 0 Å². The zero-order valence-corrected chi connectivity index (χ0v) is 12.9. The first-order valence-corrected chi connectivity index (χ1v) is 8.08. The predicted molar refractivity (Wildman–Crippen MR) is 90.9 cm³/mol. The third kappa shape index (κ3) is 3.41. The molecule has 0 aliphatic heterocycles. The van der Waals surface area contributed by atoms with Gasteiger partial charge in [-0.15, -0.1) is 11.3 Å². The van der Waals surface area contributed by atoms with Gasteiger partial charge in [0.15, 0.2) is 0 Å². The SMILES string of the molecule is CNC(c1ccc(Cc2ccccc2)cc1)c1cccs1. The molecule has 2 heteroatoms. The molecule has 0 amide bonds. The lowest BCUT2D eigenvalue weighted by atomic mass is 10.00. The molecule has 0 aliphatic rings. The van der Waals surface area contributed by atoms with Gasteiger partial charge in [-0.3, -0.25) is 0 Å². The van der Waals surface area contributed by atoms with Crippen LogP contribution in [0.25, 0.3) is 0 Å². The van der Waals surface area contributed by atoms with Crippen LogP contribution in [0.4, 0.5) is 0 Å². The van der Waals surface area contributed by atoms with E-state index in [1.165, 1.54) is 21.6 Å². The Bertz CT molecular complexity index is 657. The van der Waals surface area contributed by atoms with Gasteiger partial charge in [0.05, 0.1) is 6.04 Å². The second-order valence-electron chi connectivity index (χ2n) is 5.14. The lowest BCUT2D eigenvalue weighted by molar-refractivity contribution is 0.703. The van der Waals surface area contributed by atoms with Crippen LogP contribution in [0.1, 0.15) is 27.6 Å². The van der Waals surface area contributed by atoms with E-state index >= 15 is 0 Å². The van der Waals surface area contributed by atoms with Crippen molar-refractivity contribution in [2.75, 3.05) is 7.05 Å². The third-order valence-electron chi connectivity index (χ3n) is 3.68. The standard InChI is InChI=1S/C19H19NS/c1-20-19(18-8-5-13-21-18)17-11-9-16(10-12-17)14-15-6-3-2-4-7-15/h2-13,19-20H,14H2,1H3. The number of benzene rings is 2. The minimum absolute atomic E-state index is 0.288. The highest BCUT2D eigenvalue weighted by Crippen LogP contribution is 2.26. The normalized spacial score (nSPS) is 12.2. The Morgan fingerprint density at radius 2 is 1.57 bits per heavy atom. The summed E-state index contributed by atoms with van der Waals surface area (Å²) < 4.78 is 0. The number of rotatable bonds is 5. The van der Waals surface area contributed by atoms with Crippen molar-refractivity contribution in [2.45, 2.75) is 12.5 Å². The van der Waals surface area contributed by atoms with Gasteiger partial charge in [-0.25, -0.2) is 0 Å². The predicted octanol–water partition coefficient (Wildman–Crippen LogP) is 4.65. The van der Waals surface area contributed by atoms with Crippen molar-refractivity contribution < 1.29 is 0 Å². The summed E-state index contributed by atoms with van der Waals surface area (Å²) in [7, 11) is 2.02. The van der Waals surface area contributed by atoms with E-state index in [2.05, 4.69) is 77.4 Å². The van der Waals surface area contributed by atoms with Crippen LogP contribution in [0.2, 0.25) is 0 Å². The Morgan fingerprint density at radius 1 is 0.857 bits per heavy atom. The molecule has 0 fully saturated rings. The summed E-state index contributed by atoms with van der Waals surface area (Å²) in [5.74, 6) is 0. The maximum Gasteiger partial charge on any atom is 0.0668 e. The number of hydrogen-bond donors (Lipinski definition) is 1. The Kier molecular flexibility index (Phi) is 4.49. The minimum Gasteiger partial charge on any atom is -0.309 e. The highest BCUT2D eigenvalue weighted by Gasteiger charge is 2.12. The molecule has 0 radical (unpaired) electrons. The smallest absolute Gasteiger partial charge is 0.0668 e. The molecule has 1 atom stereocenters. The van der Waals surface area contributed by atoms with Crippen LogP contribution in [-0.2, 0) is 6.42 Å². The van der Waals surface area contributed by atoms with Crippen LogP contribution in [0.15, 0.2) is 72.1 Å². The molecular formula is C19H19NS. The maximum atomic E-state index is 3.40. The lowest BCUT2D eigenvalue weighted by Gasteiger charge is -2.15. The molecule has 1 heterocycles. The van der Waals surface area contributed by atoms with Gasteiger partial charge in [0.2, 0.25) is 0 Å². The molecule has 1 aromatic heterocycles. The van der Waals surface area contributed by atoms with Crippen molar-refractivity contribution >= 4 is 11.3 Å². The molecule has 2 aromatic carbocycles. The van der Waals surface area contributed by atoms with Gasteiger partial charge >= 0.3 is 0 Å². The summed E-state index contributed by atoms with van der Waals surface area (Å²) in [6.07, 6.45) is 0.990. The van der Waals surface area contributed by atoms with E-state index < -0.39 is 0 Å². The van der Waals surface area contributed by atoms with E-state index in [1.54, 1.807) is 11.3 Å². The minimum atomic E-state index is 0.288. The fourth-order valence-electron chi connectivity index (χ4n) is 2.59. The highest BCUT2D eigenvalue weighted by molar-refractivity contribution is 7.10. The van der Waals surface area contributed by atoms with Gasteiger partial charge in [-0.1, -0.05) is 60.7 Å². The van der Waals surface area contributed by atoms with E-state index in [4.69, 9.17) is 0 Å². The van der Waals surface area contributed by atoms with Crippen molar-refractivity contribution in [2.24, 2.45) is 0 Å². The fraction of sp³-hybridized carbons (Fsp3) is 0.158. The molecule has 1 N–H and O–H groups in total. The van der Waals surface area contributed by atoms with Crippen LogP contribution in [0, 0.1) is 0 Å². The van der Waals surface area contributed by atoms with Crippen LogP contribution in [0.3, 0.4) is 0 Å². The molecule has 0 aliphatic carbocycles. The zero-order chi connectivity index (χ0) is 14.5. The van der Waals surface area contributed by atoms with E-state index in [0.29, 0.717) is 0 Å². The first kappa shape index (κ1) is 14.1. The first-order valence-electron chi connectivity index (χ1n) is 7.20. The third-order valence-corrected chi connectivity index (χ3v) is 4.62. The van der Waals surface area contributed by atoms with E-state index in [0.717, 1.165) is 6.42 Å². The Labute approximate surface area is 130 Å². The van der Waals surface area contributed by atoms with Gasteiger partial charge in [0, 0.05) is 4.88 Å². The van der Waals surface area contributed by atoms with E-state index in [-0.39, 0.29) is 6.04 Å². The average Bonchev–Trinajstić information content (AvgIpc) is 3.05. The Balaban J connectivity index is 1.77. The van der Waals surface area contributed by atoms with Crippen LogP contribution < -0.4 is 5.32 Å². The Morgan fingerprint density at radius 3 is 2.19 bits per heavy atom. The van der Waals surface area contributed by atoms with Crippen molar-refractivity contribution in [3.8, 4) is 0 Å².